The second-order valence-corrected chi connectivity index (χ2v) is 23.7. The fourth-order valence-corrected chi connectivity index (χ4v) is 14.1. The zero-order chi connectivity index (χ0) is 56.3. The Labute approximate surface area is 493 Å². The fourth-order valence-electron chi connectivity index (χ4n) is 14.1. The summed E-state index contributed by atoms with van der Waals surface area (Å²) in [6.45, 7) is 4.75. The summed E-state index contributed by atoms with van der Waals surface area (Å²) in [5, 5.41) is 15.0. The molecule has 17 rings (SSSR count). The van der Waals surface area contributed by atoms with Gasteiger partial charge in [-0.3, -0.25) is 0 Å². The quantitative estimate of drug-likeness (QED) is 0.134. The van der Waals surface area contributed by atoms with E-state index in [0.717, 1.165) is 0 Å². The monoisotopic (exact) mass is 1080 g/mol. The lowest BCUT2D eigenvalue weighted by atomic mass is 9.81. The summed E-state index contributed by atoms with van der Waals surface area (Å²) in [4.78, 5) is 0. The summed E-state index contributed by atoms with van der Waals surface area (Å²) in [6, 6.07) is 103. The molecule has 0 saturated carbocycles. The zero-order valence-electron chi connectivity index (χ0n) is 47.3. The van der Waals surface area contributed by atoms with Gasteiger partial charge in [0.1, 0.15) is 0 Å². The number of hydrogen-bond acceptors (Lipinski definition) is 0. The SMILES string of the molecule is CC1(C)c2cc(/C=C/c3ccc4cc(-c5ccc6c(c5)c5ccccc5n6-c5cccc6ccccc56)ccc4c3)ccc2-c2ccc(/C=C/c3ccc4cc(-c5ccc6c(c5)c5ccccc5n6-c5cccc6ccccc56)ccc4c3)cc21. The average molecular weight is 1080 g/mol. The number of fused-ring (bicyclic) bond motifs is 13. The van der Waals surface area contributed by atoms with E-state index < -0.39 is 0 Å². The van der Waals surface area contributed by atoms with E-state index >= 15 is 0 Å². The molecule has 0 atom stereocenters. The molecule has 0 aliphatic heterocycles. The van der Waals surface area contributed by atoms with Crippen molar-refractivity contribution >= 4 is 111 Å². The number of rotatable bonds is 8. The van der Waals surface area contributed by atoms with Crippen LogP contribution < -0.4 is 0 Å². The highest BCUT2D eigenvalue weighted by atomic mass is 15.0. The Morgan fingerprint density at radius 1 is 0.247 bits per heavy atom. The number of para-hydroxylation sites is 2. The van der Waals surface area contributed by atoms with Crippen LogP contribution in [0.1, 0.15) is 47.2 Å². The van der Waals surface area contributed by atoms with Crippen molar-refractivity contribution in [2.45, 2.75) is 19.3 Å². The van der Waals surface area contributed by atoms with Gasteiger partial charge < -0.3 is 9.13 Å². The highest BCUT2D eigenvalue weighted by Gasteiger charge is 2.35. The third-order valence-corrected chi connectivity index (χ3v) is 18.4. The Morgan fingerprint density at radius 2 is 0.588 bits per heavy atom. The average Bonchev–Trinajstić information content (AvgIpc) is 1.91. The van der Waals surface area contributed by atoms with Crippen LogP contribution in [0.15, 0.2) is 279 Å². The molecule has 1 aliphatic carbocycles. The second-order valence-electron chi connectivity index (χ2n) is 23.7. The normalized spacial score (nSPS) is 13.1. The standard InChI is InChI=1S/C83H56N2/c1-83(2)75-47-55(27-25-53-29-33-61-49-63(37-35-59(61)45-53)65-39-43-81-73(51-65)71-19-7-9-21-79(71)84(81)77-23-11-15-57-13-3-5-17-67(57)77)31-41-69(75)70-42-32-56(48-76(70)83)28-26-54-30-34-62-50-64(38-36-60(62)46-54)66-40-44-82-74(52-66)72-20-8-10-22-80(72)85(82)78-24-12-16-58-14-4-6-18-68(58)78/h3-52H,1-2H3/b27-25+,28-26+. The Hall–Kier alpha value is -10.8. The van der Waals surface area contributed by atoms with Gasteiger partial charge in [0.25, 0.3) is 0 Å². The van der Waals surface area contributed by atoms with E-state index in [1.807, 2.05) is 0 Å². The molecule has 398 valence electrons. The van der Waals surface area contributed by atoms with E-state index in [4.69, 9.17) is 0 Å². The molecule has 14 aromatic carbocycles. The van der Waals surface area contributed by atoms with Gasteiger partial charge in [0.05, 0.1) is 33.4 Å². The van der Waals surface area contributed by atoms with Crippen molar-refractivity contribution in [1.29, 1.82) is 0 Å². The molecular weight excluding hydrogens is 1020 g/mol. The van der Waals surface area contributed by atoms with Crippen LogP contribution in [0, 0.1) is 0 Å². The Kier molecular flexibility index (Phi) is 11.0. The Morgan fingerprint density at radius 3 is 1.06 bits per heavy atom. The fraction of sp³-hybridized carbons (Fsp3) is 0.0361. The first-order valence-corrected chi connectivity index (χ1v) is 29.6. The summed E-state index contributed by atoms with van der Waals surface area (Å²) >= 11 is 0. The van der Waals surface area contributed by atoms with Crippen molar-refractivity contribution in [3.63, 3.8) is 0 Å². The smallest absolute Gasteiger partial charge is 0.0541 e. The first-order valence-electron chi connectivity index (χ1n) is 29.6. The van der Waals surface area contributed by atoms with Crippen molar-refractivity contribution in [3.8, 4) is 44.8 Å². The largest absolute Gasteiger partial charge is 0.309 e. The molecule has 2 nitrogen and oxygen atoms in total. The van der Waals surface area contributed by atoms with E-state index in [1.54, 1.807) is 0 Å². The molecule has 0 spiro atoms. The van der Waals surface area contributed by atoms with Gasteiger partial charge >= 0.3 is 0 Å². The topological polar surface area (TPSA) is 9.86 Å². The molecule has 0 bridgehead atoms. The third-order valence-electron chi connectivity index (χ3n) is 18.4. The molecule has 2 heterocycles. The molecule has 0 unspecified atom stereocenters. The molecule has 0 radical (unpaired) electrons. The molecule has 1 aliphatic rings. The van der Waals surface area contributed by atoms with Gasteiger partial charge in [-0.15, -0.1) is 0 Å². The minimum atomic E-state index is -0.142. The van der Waals surface area contributed by atoms with Crippen LogP contribution in [0.3, 0.4) is 0 Å². The van der Waals surface area contributed by atoms with Crippen molar-refractivity contribution < 1.29 is 0 Å². The summed E-state index contributed by atoms with van der Waals surface area (Å²) in [7, 11) is 0. The van der Waals surface area contributed by atoms with Gasteiger partial charge in [0, 0.05) is 37.7 Å². The molecule has 2 heteroatoms. The van der Waals surface area contributed by atoms with E-state index in [1.165, 1.54) is 165 Å². The van der Waals surface area contributed by atoms with E-state index in [-0.39, 0.29) is 5.41 Å². The summed E-state index contributed by atoms with van der Waals surface area (Å²) in [6.07, 6.45) is 9.05. The Balaban J connectivity index is 0.599. The molecule has 0 saturated heterocycles. The molecule has 16 aromatic rings. The second kappa shape index (κ2) is 19.1. The lowest BCUT2D eigenvalue weighted by molar-refractivity contribution is 0.660. The van der Waals surface area contributed by atoms with Crippen LogP contribution >= 0.6 is 0 Å². The van der Waals surface area contributed by atoms with Gasteiger partial charge in [-0.05, 0) is 172 Å². The van der Waals surface area contributed by atoms with Gasteiger partial charge in [-0.25, -0.2) is 0 Å². The zero-order valence-corrected chi connectivity index (χ0v) is 47.3. The van der Waals surface area contributed by atoms with Gasteiger partial charge in [0.15, 0.2) is 0 Å². The maximum absolute atomic E-state index is 2.43. The molecule has 2 aromatic heterocycles. The van der Waals surface area contributed by atoms with E-state index in [0.29, 0.717) is 0 Å². The van der Waals surface area contributed by atoms with Crippen LogP contribution in [0.2, 0.25) is 0 Å². The van der Waals surface area contributed by atoms with Crippen LogP contribution in [0.25, 0.3) is 156 Å². The van der Waals surface area contributed by atoms with Gasteiger partial charge in [-0.1, -0.05) is 244 Å². The van der Waals surface area contributed by atoms with Gasteiger partial charge in [0.2, 0.25) is 0 Å². The van der Waals surface area contributed by atoms with Crippen LogP contribution in [0.5, 0.6) is 0 Å². The molecular formula is C83H56N2. The summed E-state index contributed by atoms with van der Waals surface area (Å²) in [5.74, 6) is 0. The van der Waals surface area contributed by atoms with Crippen LogP contribution in [-0.2, 0) is 5.41 Å². The van der Waals surface area contributed by atoms with Crippen molar-refractivity contribution in [1.82, 2.24) is 9.13 Å². The van der Waals surface area contributed by atoms with Crippen molar-refractivity contribution in [2.24, 2.45) is 0 Å². The maximum Gasteiger partial charge on any atom is 0.0541 e. The number of benzene rings is 14. The van der Waals surface area contributed by atoms with Crippen molar-refractivity contribution in [2.75, 3.05) is 0 Å². The minimum absolute atomic E-state index is 0.142. The summed E-state index contributed by atoms with van der Waals surface area (Å²) in [5.41, 5.74) is 22.2. The number of hydrogen-bond donors (Lipinski definition) is 0. The molecule has 0 N–H and O–H groups in total. The van der Waals surface area contributed by atoms with E-state index in [9.17, 15) is 0 Å². The molecule has 85 heavy (non-hydrogen) atoms. The first kappa shape index (κ1) is 48.9. The predicted molar refractivity (Wildman–Crippen MR) is 364 cm³/mol. The van der Waals surface area contributed by atoms with E-state index in [2.05, 4.69) is 326 Å². The predicted octanol–water partition coefficient (Wildman–Crippen LogP) is 22.5. The summed E-state index contributed by atoms with van der Waals surface area (Å²) < 4.78 is 4.86. The maximum atomic E-state index is 2.43. The first-order chi connectivity index (χ1) is 41.8. The Bertz CT molecular complexity index is 5170. The molecule has 0 amide bonds. The van der Waals surface area contributed by atoms with Gasteiger partial charge in [-0.2, -0.15) is 0 Å². The third kappa shape index (κ3) is 8.01. The van der Waals surface area contributed by atoms with Crippen molar-refractivity contribution in [3.05, 3.63) is 312 Å². The highest BCUT2D eigenvalue weighted by molar-refractivity contribution is 6.13. The lowest BCUT2D eigenvalue weighted by Gasteiger charge is -2.22. The highest BCUT2D eigenvalue weighted by Crippen LogP contribution is 2.50. The number of nitrogens with zero attached hydrogens (tertiary/aromatic N) is 2. The lowest BCUT2D eigenvalue weighted by Crippen LogP contribution is -2.15. The minimum Gasteiger partial charge on any atom is -0.309 e. The van der Waals surface area contributed by atoms with Crippen LogP contribution in [0.4, 0.5) is 0 Å². The van der Waals surface area contributed by atoms with Crippen LogP contribution in [-0.4, -0.2) is 9.13 Å². The number of aromatic nitrogens is 2. The molecule has 0 fully saturated rings.